The number of aliphatic hydroxyl groups is 1. The minimum absolute atomic E-state index is 0.550. The van der Waals surface area contributed by atoms with Crippen LogP contribution in [0.25, 0.3) is 0 Å². The van der Waals surface area contributed by atoms with Crippen LogP contribution in [0.15, 0.2) is 24.3 Å². The van der Waals surface area contributed by atoms with E-state index in [0.29, 0.717) is 18.4 Å². The van der Waals surface area contributed by atoms with Gasteiger partial charge < -0.3 is 10.0 Å². The number of alkyl halides is 3. The molecule has 0 amide bonds. The second-order valence-electron chi connectivity index (χ2n) is 4.91. The van der Waals surface area contributed by atoms with Crippen molar-refractivity contribution in [1.82, 2.24) is 4.90 Å². The van der Waals surface area contributed by atoms with Gasteiger partial charge in [-0.2, -0.15) is 13.2 Å². The standard InChI is InChI=1S/C13H16F3NO/c1-17-8-6-12(18,7-9-17)10-2-4-11(5-3-10)13(14,15)16/h2-5,18H,6-9H2,1H3. The fraction of sp³-hybridized carbons (Fsp3) is 0.538. The molecule has 0 spiro atoms. The van der Waals surface area contributed by atoms with Gasteiger partial charge in [0.1, 0.15) is 0 Å². The van der Waals surface area contributed by atoms with Gasteiger partial charge >= 0.3 is 6.18 Å². The Balaban J connectivity index is 2.19. The number of hydrogen-bond donors (Lipinski definition) is 1. The number of hydrogen-bond acceptors (Lipinski definition) is 2. The third kappa shape index (κ3) is 2.67. The lowest BCUT2D eigenvalue weighted by molar-refractivity contribution is -0.137. The van der Waals surface area contributed by atoms with Gasteiger partial charge in [0.2, 0.25) is 0 Å². The van der Waals surface area contributed by atoms with Crippen molar-refractivity contribution < 1.29 is 18.3 Å². The molecule has 1 saturated heterocycles. The number of halogens is 3. The predicted octanol–water partition coefficient (Wildman–Crippen LogP) is 2.62. The average molecular weight is 259 g/mol. The normalized spacial score (nSPS) is 20.9. The zero-order valence-electron chi connectivity index (χ0n) is 10.2. The summed E-state index contributed by atoms with van der Waals surface area (Å²) in [6.07, 6.45) is -3.22. The highest BCUT2D eigenvalue weighted by atomic mass is 19.4. The van der Waals surface area contributed by atoms with E-state index in [2.05, 4.69) is 4.90 Å². The smallest absolute Gasteiger partial charge is 0.385 e. The zero-order valence-corrected chi connectivity index (χ0v) is 10.2. The maximum Gasteiger partial charge on any atom is 0.416 e. The highest BCUT2D eigenvalue weighted by molar-refractivity contribution is 5.29. The molecule has 1 fully saturated rings. The Labute approximate surface area is 104 Å². The first-order valence-corrected chi connectivity index (χ1v) is 5.90. The second-order valence-corrected chi connectivity index (χ2v) is 4.91. The highest BCUT2D eigenvalue weighted by Gasteiger charge is 2.34. The maximum absolute atomic E-state index is 12.4. The summed E-state index contributed by atoms with van der Waals surface area (Å²) in [6, 6.07) is 4.83. The van der Waals surface area contributed by atoms with Crippen molar-refractivity contribution in [2.24, 2.45) is 0 Å². The van der Waals surface area contributed by atoms with E-state index in [-0.39, 0.29) is 0 Å². The molecule has 100 valence electrons. The summed E-state index contributed by atoms with van der Waals surface area (Å²) in [6.45, 7) is 1.50. The molecular weight excluding hydrogens is 243 g/mol. The SMILES string of the molecule is CN1CCC(O)(c2ccc(C(F)(F)F)cc2)CC1. The monoisotopic (exact) mass is 259 g/mol. The van der Waals surface area contributed by atoms with Crippen LogP contribution in [0.3, 0.4) is 0 Å². The van der Waals surface area contributed by atoms with Crippen LogP contribution in [0.2, 0.25) is 0 Å². The van der Waals surface area contributed by atoms with E-state index in [1.54, 1.807) is 0 Å². The molecule has 18 heavy (non-hydrogen) atoms. The fourth-order valence-corrected chi connectivity index (χ4v) is 2.25. The van der Waals surface area contributed by atoms with Crippen LogP contribution in [0.5, 0.6) is 0 Å². The van der Waals surface area contributed by atoms with Gasteiger partial charge in [0.15, 0.2) is 0 Å². The Morgan fingerprint density at radius 1 is 1.11 bits per heavy atom. The van der Waals surface area contributed by atoms with Gasteiger partial charge in [0, 0.05) is 13.1 Å². The van der Waals surface area contributed by atoms with Crippen LogP contribution < -0.4 is 0 Å². The van der Waals surface area contributed by atoms with E-state index in [1.165, 1.54) is 12.1 Å². The van der Waals surface area contributed by atoms with E-state index in [9.17, 15) is 18.3 Å². The first-order valence-electron chi connectivity index (χ1n) is 5.90. The molecule has 0 unspecified atom stereocenters. The third-order valence-corrected chi connectivity index (χ3v) is 3.56. The van der Waals surface area contributed by atoms with Crippen LogP contribution in [0, 0.1) is 0 Å². The molecule has 1 N–H and O–H groups in total. The summed E-state index contributed by atoms with van der Waals surface area (Å²) in [5.74, 6) is 0. The third-order valence-electron chi connectivity index (χ3n) is 3.56. The largest absolute Gasteiger partial charge is 0.416 e. The Kier molecular flexibility index (Phi) is 3.38. The zero-order chi connectivity index (χ0) is 13.4. The van der Waals surface area contributed by atoms with Gasteiger partial charge in [-0.3, -0.25) is 0 Å². The quantitative estimate of drug-likeness (QED) is 0.838. The number of benzene rings is 1. The van der Waals surface area contributed by atoms with E-state index in [4.69, 9.17) is 0 Å². The van der Waals surface area contributed by atoms with Gasteiger partial charge in [-0.1, -0.05) is 12.1 Å². The first-order chi connectivity index (χ1) is 8.31. The van der Waals surface area contributed by atoms with E-state index < -0.39 is 17.3 Å². The minimum Gasteiger partial charge on any atom is -0.385 e. The first kappa shape index (κ1) is 13.4. The summed E-state index contributed by atoms with van der Waals surface area (Å²) in [5.41, 5.74) is -1.09. The van der Waals surface area contributed by atoms with Gasteiger partial charge in [0.25, 0.3) is 0 Å². The van der Waals surface area contributed by atoms with Crippen molar-refractivity contribution in [2.75, 3.05) is 20.1 Å². The molecule has 0 atom stereocenters. The Hall–Kier alpha value is -1.07. The minimum atomic E-state index is -4.33. The van der Waals surface area contributed by atoms with Crippen molar-refractivity contribution >= 4 is 0 Å². The number of piperidine rings is 1. The van der Waals surface area contributed by atoms with E-state index in [1.807, 2.05) is 7.05 Å². The van der Waals surface area contributed by atoms with Crippen LogP contribution >= 0.6 is 0 Å². The van der Waals surface area contributed by atoms with E-state index >= 15 is 0 Å². The predicted molar refractivity (Wildman–Crippen MR) is 62.1 cm³/mol. The molecule has 0 aliphatic carbocycles. The molecule has 0 aromatic heterocycles. The molecule has 0 bridgehead atoms. The molecular formula is C13H16F3NO. The molecule has 2 rings (SSSR count). The molecule has 1 heterocycles. The van der Waals surface area contributed by atoms with Crippen molar-refractivity contribution in [1.29, 1.82) is 0 Å². The van der Waals surface area contributed by atoms with Crippen LogP contribution in [-0.2, 0) is 11.8 Å². The van der Waals surface area contributed by atoms with Crippen molar-refractivity contribution in [3.05, 3.63) is 35.4 Å². The summed E-state index contributed by atoms with van der Waals surface area (Å²) >= 11 is 0. The molecule has 2 nitrogen and oxygen atoms in total. The maximum atomic E-state index is 12.4. The summed E-state index contributed by atoms with van der Waals surface area (Å²) in [5, 5.41) is 10.4. The highest BCUT2D eigenvalue weighted by Crippen LogP contribution is 2.35. The van der Waals surface area contributed by atoms with Crippen molar-refractivity contribution in [2.45, 2.75) is 24.6 Å². The lowest BCUT2D eigenvalue weighted by Gasteiger charge is -2.37. The van der Waals surface area contributed by atoms with E-state index in [0.717, 1.165) is 25.2 Å². The van der Waals surface area contributed by atoms with Crippen molar-refractivity contribution in [3.63, 3.8) is 0 Å². The molecule has 1 aromatic rings. The molecule has 0 saturated carbocycles. The molecule has 1 aliphatic rings. The lowest BCUT2D eigenvalue weighted by atomic mass is 9.84. The molecule has 1 aliphatic heterocycles. The molecule has 0 radical (unpaired) electrons. The fourth-order valence-electron chi connectivity index (χ4n) is 2.25. The summed E-state index contributed by atoms with van der Waals surface area (Å²) in [7, 11) is 1.96. The van der Waals surface area contributed by atoms with Gasteiger partial charge in [-0.25, -0.2) is 0 Å². The van der Waals surface area contributed by atoms with Gasteiger partial charge in [0.05, 0.1) is 11.2 Å². The van der Waals surface area contributed by atoms with Crippen molar-refractivity contribution in [3.8, 4) is 0 Å². The summed E-state index contributed by atoms with van der Waals surface area (Å²) in [4.78, 5) is 2.10. The second kappa shape index (κ2) is 4.55. The number of rotatable bonds is 1. The van der Waals surface area contributed by atoms with Crippen LogP contribution in [-0.4, -0.2) is 30.1 Å². The Bertz CT molecular complexity index is 405. The van der Waals surface area contributed by atoms with Crippen LogP contribution in [0.1, 0.15) is 24.0 Å². The van der Waals surface area contributed by atoms with Crippen LogP contribution in [0.4, 0.5) is 13.2 Å². The lowest BCUT2D eigenvalue weighted by Crippen LogP contribution is -2.40. The Morgan fingerprint density at radius 2 is 1.61 bits per heavy atom. The van der Waals surface area contributed by atoms with Gasteiger partial charge in [-0.15, -0.1) is 0 Å². The number of likely N-dealkylation sites (tertiary alicyclic amines) is 1. The molecule has 5 heteroatoms. The number of nitrogens with zero attached hydrogens (tertiary/aromatic N) is 1. The summed E-state index contributed by atoms with van der Waals surface area (Å²) < 4.78 is 37.3. The topological polar surface area (TPSA) is 23.5 Å². The molecule has 1 aromatic carbocycles. The Morgan fingerprint density at radius 3 is 2.06 bits per heavy atom. The average Bonchev–Trinajstić information content (AvgIpc) is 2.32. The van der Waals surface area contributed by atoms with Gasteiger partial charge in [-0.05, 0) is 37.6 Å².